The van der Waals surface area contributed by atoms with Crippen LogP contribution >= 0.6 is 0 Å². The molecular weight excluding hydrogens is 196 g/mol. The molecule has 1 atom stereocenters. The van der Waals surface area contributed by atoms with Gasteiger partial charge in [0.2, 0.25) is 0 Å². The van der Waals surface area contributed by atoms with Crippen molar-refractivity contribution in [2.75, 3.05) is 0 Å². The van der Waals surface area contributed by atoms with Gasteiger partial charge in [-0.3, -0.25) is 0 Å². The van der Waals surface area contributed by atoms with Crippen LogP contribution in [0.3, 0.4) is 0 Å². The van der Waals surface area contributed by atoms with Gasteiger partial charge in [0.05, 0.1) is 6.17 Å². The third-order valence-electron chi connectivity index (χ3n) is 1.70. The van der Waals surface area contributed by atoms with Crippen LogP contribution in [0.15, 0.2) is 0 Å². The van der Waals surface area contributed by atoms with Crippen LogP contribution in [-0.4, -0.2) is 23.5 Å². The molecular formula is C8H24N2OSi2. The van der Waals surface area contributed by atoms with Gasteiger partial charge in [-0.2, -0.15) is 0 Å². The predicted octanol–water partition coefficient (Wildman–Crippen LogP) is 1.22. The Morgan fingerprint density at radius 3 is 2.23 bits per heavy atom. The van der Waals surface area contributed by atoms with E-state index in [1.54, 1.807) is 0 Å². The van der Waals surface area contributed by atoms with Gasteiger partial charge in [0.1, 0.15) is 0 Å². The molecule has 0 aromatic rings. The van der Waals surface area contributed by atoms with Crippen molar-refractivity contribution in [2.24, 2.45) is 11.5 Å². The van der Waals surface area contributed by atoms with E-state index in [-0.39, 0.29) is 6.17 Å². The molecule has 0 aliphatic carbocycles. The second kappa shape index (κ2) is 5.92. The van der Waals surface area contributed by atoms with Crippen molar-refractivity contribution in [1.82, 2.24) is 0 Å². The van der Waals surface area contributed by atoms with Gasteiger partial charge >= 0.3 is 0 Å². The molecule has 0 rings (SSSR count). The summed E-state index contributed by atoms with van der Waals surface area (Å²) in [6.07, 6.45) is 1.90. The zero-order chi connectivity index (χ0) is 10.5. The Morgan fingerprint density at radius 1 is 1.31 bits per heavy atom. The van der Waals surface area contributed by atoms with Crippen LogP contribution in [-0.2, 0) is 4.12 Å². The minimum atomic E-state index is -1.30. The Labute approximate surface area is 84.7 Å². The molecule has 0 aliphatic heterocycles. The molecule has 0 aromatic heterocycles. The fourth-order valence-corrected chi connectivity index (χ4v) is 7.41. The van der Waals surface area contributed by atoms with E-state index >= 15 is 0 Å². The third-order valence-corrected chi connectivity index (χ3v) is 7.36. The number of nitrogens with two attached hydrogens (primary N) is 2. The lowest BCUT2D eigenvalue weighted by Crippen LogP contribution is -2.34. The molecule has 0 radical (unpaired) electrons. The molecule has 0 amide bonds. The number of hydrogen-bond donors (Lipinski definition) is 2. The van der Waals surface area contributed by atoms with Gasteiger partial charge in [-0.05, 0) is 38.7 Å². The molecule has 3 nitrogen and oxygen atoms in total. The van der Waals surface area contributed by atoms with Crippen molar-refractivity contribution < 1.29 is 4.12 Å². The van der Waals surface area contributed by atoms with E-state index in [0.29, 0.717) is 0 Å². The van der Waals surface area contributed by atoms with Crippen LogP contribution in [0.4, 0.5) is 0 Å². The average molecular weight is 220 g/mol. The highest BCUT2D eigenvalue weighted by Gasteiger charge is 2.18. The molecule has 80 valence electrons. The lowest BCUT2D eigenvalue weighted by atomic mass is 10.3. The minimum absolute atomic E-state index is 0.145. The Bertz CT molecular complexity index is 137. The van der Waals surface area contributed by atoms with Crippen molar-refractivity contribution in [1.29, 1.82) is 0 Å². The second-order valence-corrected chi connectivity index (χ2v) is 12.0. The molecule has 0 spiro atoms. The lowest BCUT2D eigenvalue weighted by Gasteiger charge is -2.23. The first-order valence-electron chi connectivity index (χ1n) is 5.00. The highest BCUT2D eigenvalue weighted by molar-refractivity contribution is 6.77. The molecule has 4 N–H and O–H groups in total. The normalized spacial score (nSPS) is 15.0. The standard InChI is InChI=1S/C8H24N2OSi2/c1-12(11-13(2,3)4)7-5-6-8(9)10/h8,12H,5-7,9-10H2,1-4H3. The summed E-state index contributed by atoms with van der Waals surface area (Å²) in [6.45, 7) is 8.99. The van der Waals surface area contributed by atoms with Crippen molar-refractivity contribution in [3.05, 3.63) is 0 Å². The van der Waals surface area contributed by atoms with Crippen LogP contribution in [0, 0.1) is 0 Å². The highest BCUT2D eigenvalue weighted by Crippen LogP contribution is 2.10. The molecule has 0 saturated heterocycles. The summed E-state index contributed by atoms with van der Waals surface area (Å²) >= 11 is 0. The topological polar surface area (TPSA) is 61.3 Å². The zero-order valence-electron chi connectivity index (χ0n) is 9.34. The summed E-state index contributed by atoms with van der Waals surface area (Å²) in [5.41, 5.74) is 10.9. The largest absolute Gasteiger partial charge is 0.458 e. The molecule has 0 bridgehead atoms. The van der Waals surface area contributed by atoms with Crippen molar-refractivity contribution in [3.63, 3.8) is 0 Å². The van der Waals surface area contributed by atoms with Crippen LogP contribution in [0.1, 0.15) is 12.8 Å². The number of hydrogen-bond acceptors (Lipinski definition) is 3. The van der Waals surface area contributed by atoms with E-state index in [1.165, 1.54) is 6.04 Å². The van der Waals surface area contributed by atoms with E-state index in [9.17, 15) is 0 Å². The first kappa shape index (κ1) is 13.3. The van der Waals surface area contributed by atoms with Crippen molar-refractivity contribution >= 4 is 17.4 Å². The average Bonchev–Trinajstić information content (AvgIpc) is 1.81. The smallest absolute Gasteiger partial charge is 0.170 e. The summed E-state index contributed by atoms with van der Waals surface area (Å²) < 4.78 is 6.02. The van der Waals surface area contributed by atoms with Crippen LogP contribution in [0.2, 0.25) is 32.2 Å². The van der Waals surface area contributed by atoms with Crippen LogP contribution in [0.25, 0.3) is 0 Å². The second-order valence-electron chi connectivity index (χ2n) is 4.64. The fraction of sp³-hybridized carbons (Fsp3) is 1.00. The Balaban J connectivity index is 3.46. The minimum Gasteiger partial charge on any atom is -0.458 e. The van der Waals surface area contributed by atoms with Gasteiger partial charge in [0, 0.05) is 0 Å². The molecule has 0 saturated carbocycles. The summed E-state index contributed by atoms with van der Waals surface area (Å²) in [7, 11) is -2.23. The monoisotopic (exact) mass is 220 g/mol. The van der Waals surface area contributed by atoms with E-state index in [0.717, 1.165) is 12.8 Å². The van der Waals surface area contributed by atoms with E-state index in [1.807, 2.05) is 0 Å². The van der Waals surface area contributed by atoms with E-state index in [2.05, 4.69) is 26.2 Å². The Kier molecular flexibility index (Phi) is 6.07. The third kappa shape index (κ3) is 10.2. The number of rotatable bonds is 6. The molecule has 0 fully saturated rings. The SMILES string of the molecule is C[SiH](CCCC(N)N)O[Si](C)(C)C. The quantitative estimate of drug-likeness (QED) is 0.522. The van der Waals surface area contributed by atoms with Gasteiger partial charge in [0.15, 0.2) is 17.4 Å². The fourth-order valence-electron chi connectivity index (χ4n) is 1.30. The van der Waals surface area contributed by atoms with E-state index < -0.39 is 17.4 Å². The molecule has 0 aliphatic rings. The van der Waals surface area contributed by atoms with Gasteiger partial charge in [-0.15, -0.1) is 0 Å². The highest BCUT2D eigenvalue weighted by atomic mass is 28.4. The predicted molar refractivity (Wildman–Crippen MR) is 63.6 cm³/mol. The summed E-state index contributed by atoms with van der Waals surface area (Å²) in [4.78, 5) is 0. The lowest BCUT2D eigenvalue weighted by molar-refractivity contribution is 0.557. The first-order valence-corrected chi connectivity index (χ1v) is 10.9. The van der Waals surface area contributed by atoms with E-state index in [4.69, 9.17) is 15.6 Å². The molecule has 1 unspecified atom stereocenters. The molecule has 0 aromatic carbocycles. The summed E-state index contributed by atoms with van der Waals surface area (Å²) in [5, 5.41) is 0. The Hall–Kier alpha value is 0.314. The Morgan fingerprint density at radius 2 is 1.85 bits per heavy atom. The van der Waals surface area contributed by atoms with Gasteiger partial charge in [-0.25, -0.2) is 0 Å². The maximum absolute atomic E-state index is 6.02. The summed E-state index contributed by atoms with van der Waals surface area (Å²) in [6, 6.07) is 1.20. The zero-order valence-corrected chi connectivity index (χ0v) is 11.5. The van der Waals surface area contributed by atoms with Crippen LogP contribution in [0.5, 0.6) is 0 Å². The molecule has 0 heterocycles. The van der Waals surface area contributed by atoms with Gasteiger partial charge in [-0.1, -0.05) is 6.42 Å². The maximum atomic E-state index is 6.02. The molecule has 13 heavy (non-hydrogen) atoms. The maximum Gasteiger partial charge on any atom is 0.170 e. The first-order chi connectivity index (χ1) is 5.81. The van der Waals surface area contributed by atoms with Crippen molar-refractivity contribution in [3.8, 4) is 0 Å². The van der Waals surface area contributed by atoms with Crippen molar-refractivity contribution in [2.45, 2.75) is 51.2 Å². The van der Waals surface area contributed by atoms with Gasteiger partial charge in [0.25, 0.3) is 0 Å². The molecule has 5 heteroatoms. The van der Waals surface area contributed by atoms with Crippen LogP contribution < -0.4 is 11.5 Å². The summed E-state index contributed by atoms with van der Waals surface area (Å²) in [5.74, 6) is 0. The van der Waals surface area contributed by atoms with Gasteiger partial charge < -0.3 is 15.6 Å².